The summed E-state index contributed by atoms with van der Waals surface area (Å²) in [6, 6.07) is 28.6. The third kappa shape index (κ3) is 14.7. The number of hydrogen-bond donors (Lipinski definition) is 2. The Labute approximate surface area is 315 Å². The Morgan fingerprint density at radius 3 is 1.30 bits per heavy atom. The molecule has 0 atom stereocenters. The number of anilines is 1. The molecule has 4 aromatic carbocycles. The van der Waals surface area contributed by atoms with E-state index in [2.05, 4.69) is 101 Å². The SMILES string of the molecule is COc1ccc(C(OCC(=O)Oc2ccc(N(OOOOOOOOOOO)OOOOOOOOOOO)cc2)(c2ccccc2)c2ccc(OC)cc2)cc1. The van der Waals surface area contributed by atoms with Gasteiger partial charge in [0, 0.05) is 0 Å². The number of ether oxygens (including phenoxy) is 4. The Bertz CT molecular complexity index is 1580. The Kier molecular flexibility index (Phi) is 20.2. The second-order valence-electron chi connectivity index (χ2n) is 9.40. The molecule has 0 spiro atoms. The van der Waals surface area contributed by atoms with E-state index in [-0.39, 0.29) is 16.7 Å². The lowest BCUT2D eigenvalue weighted by Gasteiger charge is -2.35. The summed E-state index contributed by atoms with van der Waals surface area (Å²) in [5.41, 5.74) is 0.638. The molecule has 0 radical (unpaired) electrons. The zero-order chi connectivity index (χ0) is 40.4. The van der Waals surface area contributed by atoms with Crippen molar-refractivity contribution in [2.24, 2.45) is 0 Å². The lowest BCUT2D eigenvalue weighted by Crippen LogP contribution is -2.35. The fourth-order valence-corrected chi connectivity index (χ4v) is 4.38. The number of carbonyl (C=O) groups excluding carboxylic acids is 1. The number of carbonyl (C=O) groups is 1. The lowest BCUT2D eigenvalue weighted by molar-refractivity contribution is -0.861. The summed E-state index contributed by atoms with van der Waals surface area (Å²) in [6.07, 6.45) is 0. The van der Waals surface area contributed by atoms with Crippen molar-refractivity contribution in [2.75, 3.05) is 26.1 Å². The Balaban J connectivity index is 1.42. The number of hydrogen-bond acceptors (Lipinski definition) is 28. The maximum atomic E-state index is 13.3. The summed E-state index contributed by atoms with van der Waals surface area (Å²) >= 11 is 0. The molecule has 2 N–H and O–H groups in total. The summed E-state index contributed by atoms with van der Waals surface area (Å²) in [7, 11) is 3.09. The molecular formula is C29H27NO27. The second kappa shape index (κ2) is 25.9. The maximum Gasteiger partial charge on any atom is 0.337 e. The highest BCUT2D eigenvalue weighted by Gasteiger charge is 2.38. The van der Waals surface area contributed by atoms with Crippen LogP contribution in [0.3, 0.4) is 0 Å². The van der Waals surface area contributed by atoms with Gasteiger partial charge in [-0.05, 0) is 166 Å². The zero-order valence-corrected chi connectivity index (χ0v) is 28.6. The van der Waals surface area contributed by atoms with Crippen LogP contribution in [0.15, 0.2) is 103 Å². The van der Waals surface area contributed by atoms with Crippen LogP contribution in [0.5, 0.6) is 17.2 Å². The van der Waals surface area contributed by atoms with Crippen LogP contribution in [0.25, 0.3) is 0 Å². The van der Waals surface area contributed by atoms with Gasteiger partial charge in [0.2, 0.25) is 0 Å². The number of esters is 1. The number of rotatable bonds is 30. The summed E-state index contributed by atoms with van der Waals surface area (Å²) in [4.78, 5) is 22.5. The normalized spacial score (nSPS) is 11.4. The molecular weight excluding hydrogens is 794 g/mol. The van der Waals surface area contributed by atoms with Gasteiger partial charge in [-0.2, -0.15) is 0 Å². The number of benzene rings is 4. The average molecular weight is 822 g/mol. The summed E-state index contributed by atoms with van der Waals surface area (Å²) in [5.74, 6) is 0.436. The standard InChI is InChI=1S/C29H27NO27/c1-34-25-14-8-22(9-15-25)29(21-6-4-3-5-7-21,23-10-16-26(35-2)17-11-23)36-20-28(31)37-27-18-12-24(13-19-27)30(38-42-46-50-54-56-52-48-44-40-32)39-43-47-51-55-57-53-49-45-41-33/h3-19,32-33H,20H2,1-2H3. The highest BCUT2D eigenvalue weighted by atomic mass is 18.0. The molecule has 0 fully saturated rings. The molecule has 0 bridgehead atoms. The van der Waals surface area contributed by atoms with Crippen LogP contribution in [0, 0.1) is 0 Å². The Morgan fingerprint density at radius 2 is 0.877 bits per heavy atom. The van der Waals surface area contributed by atoms with E-state index in [0.717, 1.165) is 0 Å². The van der Waals surface area contributed by atoms with Crippen molar-refractivity contribution in [1.29, 1.82) is 0 Å². The van der Waals surface area contributed by atoms with Gasteiger partial charge in [-0.25, -0.2) is 15.3 Å². The predicted octanol–water partition coefficient (Wildman–Crippen LogP) is 4.00. The molecule has 57 heavy (non-hydrogen) atoms. The molecule has 28 nitrogen and oxygen atoms in total. The van der Waals surface area contributed by atoms with Gasteiger partial charge in [0.05, 0.1) is 14.2 Å². The van der Waals surface area contributed by atoms with Crippen LogP contribution in [0.1, 0.15) is 16.7 Å². The fourth-order valence-electron chi connectivity index (χ4n) is 4.38. The molecule has 0 unspecified atom stereocenters. The van der Waals surface area contributed by atoms with E-state index in [0.29, 0.717) is 28.2 Å². The van der Waals surface area contributed by atoms with E-state index < -0.39 is 18.2 Å². The van der Waals surface area contributed by atoms with Gasteiger partial charge in [0.25, 0.3) is 0 Å². The van der Waals surface area contributed by atoms with Crippen LogP contribution < -0.4 is 19.4 Å². The van der Waals surface area contributed by atoms with E-state index in [1.54, 1.807) is 38.5 Å². The van der Waals surface area contributed by atoms with E-state index in [1.165, 1.54) is 24.3 Å². The molecule has 0 aliphatic carbocycles. The molecule has 310 valence electrons. The van der Waals surface area contributed by atoms with Crippen molar-refractivity contribution < 1.29 is 135 Å². The molecule has 0 saturated heterocycles. The fraction of sp³-hybridized carbons (Fsp3) is 0.138. The molecule has 4 rings (SSSR count). The smallest absolute Gasteiger partial charge is 0.337 e. The molecule has 28 heteroatoms. The third-order valence-electron chi connectivity index (χ3n) is 6.51. The Hall–Kier alpha value is -5.17. The summed E-state index contributed by atoms with van der Waals surface area (Å²) in [5, 5.41) is 81.5. The van der Waals surface area contributed by atoms with E-state index in [4.69, 9.17) is 29.5 Å². The molecule has 0 aliphatic heterocycles. The molecule has 0 amide bonds. The van der Waals surface area contributed by atoms with Crippen molar-refractivity contribution in [1.82, 2.24) is 0 Å². The average Bonchev–Trinajstić information content (AvgIpc) is 3.25. The van der Waals surface area contributed by atoms with Gasteiger partial charge in [-0.3, -0.25) is 0 Å². The van der Waals surface area contributed by atoms with Gasteiger partial charge in [0.1, 0.15) is 35.1 Å². The van der Waals surface area contributed by atoms with Crippen LogP contribution in [-0.2, 0) is 116 Å². The minimum atomic E-state index is -1.31. The molecule has 4 aromatic rings. The van der Waals surface area contributed by atoms with Crippen molar-refractivity contribution in [3.05, 3.63) is 120 Å². The largest absolute Gasteiger partial charge is 0.497 e. The van der Waals surface area contributed by atoms with Crippen LogP contribution in [-0.4, -0.2) is 37.3 Å². The first-order valence-electron chi connectivity index (χ1n) is 14.8. The van der Waals surface area contributed by atoms with Gasteiger partial charge in [-0.15, -0.1) is 0 Å². The van der Waals surface area contributed by atoms with Gasteiger partial charge in [-0.1, -0.05) is 59.8 Å². The summed E-state index contributed by atoms with van der Waals surface area (Å²) < 4.78 is 22.8. The monoisotopic (exact) mass is 821 g/mol. The van der Waals surface area contributed by atoms with Gasteiger partial charge in [0.15, 0.2) is 0 Å². The van der Waals surface area contributed by atoms with E-state index in [1.807, 2.05) is 54.6 Å². The topological polar surface area (TPSA) is 282 Å². The predicted molar refractivity (Wildman–Crippen MR) is 160 cm³/mol. The molecule has 0 aromatic heterocycles. The second-order valence-corrected chi connectivity index (χ2v) is 9.40. The van der Waals surface area contributed by atoms with E-state index >= 15 is 0 Å². The number of nitrogens with zero attached hydrogens (tertiary/aromatic N) is 1. The van der Waals surface area contributed by atoms with Crippen LogP contribution >= 0.6 is 0 Å². The quantitative estimate of drug-likeness (QED) is 0.0188. The first-order chi connectivity index (χ1) is 28.0. The first kappa shape index (κ1) is 44.5. The molecule has 0 aliphatic rings. The van der Waals surface area contributed by atoms with Crippen molar-refractivity contribution >= 4 is 11.7 Å². The number of methoxy groups -OCH3 is 2. The van der Waals surface area contributed by atoms with Crippen molar-refractivity contribution in [2.45, 2.75) is 5.60 Å². The third-order valence-corrected chi connectivity index (χ3v) is 6.51. The maximum absolute atomic E-state index is 13.3. The van der Waals surface area contributed by atoms with Crippen molar-refractivity contribution in [3.63, 3.8) is 0 Å². The molecule has 0 saturated carbocycles. The van der Waals surface area contributed by atoms with Gasteiger partial charge >= 0.3 is 5.97 Å². The van der Waals surface area contributed by atoms with Crippen molar-refractivity contribution in [3.8, 4) is 17.2 Å². The first-order valence-corrected chi connectivity index (χ1v) is 14.8. The lowest BCUT2D eigenvalue weighted by atomic mass is 9.80. The Morgan fingerprint density at radius 1 is 0.491 bits per heavy atom. The summed E-state index contributed by atoms with van der Waals surface area (Å²) in [6.45, 7) is -0.542. The minimum Gasteiger partial charge on any atom is -0.497 e. The zero-order valence-electron chi connectivity index (χ0n) is 28.6. The van der Waals surface area contributed by atoms with Crippen LogP contribution in [0.4, 0.5) is 5.69 Å². The van der Waals surface area contributed by atoms with Crippen LogP contribution in [0.2, 0.25) is 0 Å². The highest BCUT2D eigenvalue weighted by Crippen LogP contribution is 2.41. The highest BCUT2D eigenvalue weighted by molar-refractivity contribution is 5.74. The molecule has 0 heterocycles. The van der Waals surface area contributed by atoms with Gasteiger partial charge < -0.3 is 18.9 Å². The minimum absolute atomic E-state index is 0.0131. The van der Waals surface area contributed by atoms with E-state index in [9.17, 15) is 4.79 Å².